The van der Waals surface area contributed by atoms with Crippen LogP contribution in [0, 0.1) is 5.92 Å². The third kappa shape index (κ3) is 5.21. The van der Waals surface area contributed by atoms with Crippen molar-refractivity contribution in [1.82, 2.24) is 28.9 Å². The number of nitrogens with one attached hydrogen (secondary N) is 1. The normalized spacial score (nSPS) is 17.5. The number of carbonyl (C=O) groups excluding carboxylic acids is 2. The molecule has 0 bridgehead atoms. The monoisotopic (exact) mass is 622 g/mol. The second kappa shape index (κ2) is 11.9. The molecule has 4 aromatic rings. The maximum Gasteiger partial charge on any atom is 0.285 e. The zero-order chi connectivity index (χ0) is 31.9. The number of carbonyl (C=O) groups is 2. The van der Waals surface area contributed by atoms with E-state index < -0.39 is 11.5 Å². The summed E-state index contributed by atoms with van der Waals surface area (Å²) in [5.41, 5.74) is 22.4. The minimum absolute atomic E-state index is 0.0923. The molecule has 0 radical (unpaired) electrons. The van der Waals surface area contributed by atoms with Crippen LogP contribution in [0.3, 0.4) is 0 Å². The quantitative estimate of drug-likeness (QED) is 0.227. The molecule has 1 aromatic carbocycles. The van der Waals surface area contributed by atoms with Crippen LogP contribution in [0.15, 0.2) is 59.8 Å². The van der Waals surface area contributed by atoms with Crippen LogP contribution in [0.25, 0.3) is 22.5 Å². The van der Waals surface area contributed by atoms with E-state index in [1.165, 1.54) is 23.3 Å². The molecule has 1 saturated carbocycles. The summed E-state index contributed by atoms with van der Waals surface area (Å²) in [7, 11) is 0. The van der Waals surface area contributed by atoms with Crippen molar-refractivity contribution in [2.75, 3.05) is 24.1 Å². The Morgan fingerprint density at radius 1 is 1.02 bits per heavy atom. The molecule has 2 amide bonds. The van der Waals surface area contributed by atoms with Crippen molar-refractivity contribution in [1.29, 1.82) is 0 Å². The molecule has 3 aliphatic rings. The molecular weight excluding hydrogens is 584 g/mol. The maximum absolute atomic E-state index is 13.5. The molecule has 0 atom stereocenters. The van der Waals surface area contributed by atoms with Gasteiger partial charge in [-0.3, -0.25) is 19.1 Å². The van der Waals surface area contributed by atoms with Gasteiger partial charge in [0.1, 0.15) is 23.2 Å². The predicted molar refractivity (Wildman–Crippen MR) is 175 cm³/mol. The van der Waals surface area contributed by atoms with Crippen molar-refractivity contribution in [2.24, 2.45) is 17.4 Å². The number of nitrogens with two attached hydrogens (primary N) is 3. The Balaban J connectivity index is 1.14. The number of allylic oxidation sites excluding steroid dienone is 2. The van der Waals surface area contributed by atoms with E-state index in [4.69, 9.17) is 17.2 Å². The lowest BCUT2D eigenvalue weighted by atomic mass is 9.92. The third-order valence-corrected chi connectivity index (χ3v) is 9.35. The van der Waals surface area contributed by atoms with Crippen molar-refractivity contribution in [3.8, 4) is 11.1 Å². The summed E-state index contributed by atoms with van der Waals surface area (Å²) in [4.78, 5) is 45.8. The molecule has 7 N–H and O–H groups in total. The van der Waals surface area contributed by atoms with Crippen molar-refractivity contribution in [2.45, 2.75) is 57.4 Å². The molecule has 13 nitrogen and oxygen atoms in total. The van der Waals surface area contributed by atoms with Crippen molar-refractivity contribution in [3.63, 3.8) is 0 Å². The number of nitrogen functional groups attached to an aromatic ring is 1. The Hall–Kier alpha value is -5.33. The van der Waals surface area contributed by atoms with Gasteiger partial charge in [0, 0.05) is 48.4 Å². The summed E-state index contributed by atoms with van der Waals surface area (Å²) in [5.74, 6) is 0.833. The maximum atomic E-state index is 13.5. The fourth-order valence-electron chi connectivity index (χ4n) is 6.86. The van der Waals surface area contributed by atoms with E-state index in [9.17, 15) is 14.4 Å². The lowest BCUT2D eigenvalue weighted by molar-refractivity contribution is -0.133. The summed E-state index contributed by atoms with van der Waals surface area (Å²) in [6, 6.07) is 9.54. The molecule has 13 heteroatoms. The highest BCUT2D eigenvalue weighted by Gasteiger charge is 2.36. The smallest absolute Gasteiger partial charge is 0.285 e. The van der Waals surface area contributed by atoms with Gasteiger partial charge in [-0.15, -0.1) is 0 Å². The largest absolute Gasteiger partial charge is 0.405 e. The highest BCUT2D eigenvalue weighted by Crippen LogP contribution is 2.38. The van der Waals surface area contributed by atoms with Crippen LogP contribution in [0.5, 0.6) is 0 Å². The van der Waals surface area contributed by atoms with Crippen LogP contribution in [0.4, 0.5) is 11.5 Å². The van der Waals surface area contributed by atoms with Gasteiger partial charge in [0.2, 0.25) is 5.91 Å². The fourth-order valence-corrected chi connectivity index (χ4v) is 6.86. The number of benzene rings is 1. The Kier molecular flexibility index (Phi) is 7.59. The molecule has 7 rings (SSSR count). The Morgan fingerprint density at radius 2 is 1.78 bits per heavy atom. The fraction of sp³-hybridized carbons (Fsp3) is 0.364. The highest BCUT2D eigenvalue weighted by molar-refractivity contribution is 6.05. The van der Waals surface area contributed by atoms with E-state index in [1.54, 1.807) is 22.9 Å². The number of likely N-dealkylation sites (tertiary alicyclic amines) is 1. The highest BCUT2D eigenvalue weighted by atomic mass is 16.2. The molecule has 1 aliphatic carbocycles. The van der Waals surface area contributed by atoms with Gasteiger partial charge < -0.3 is 27.4 Å². The molecule has 238 valence electrons. The van der Waals surface area contributed by atoms with Crippen molar-refractivity contribution in [3.05, 3.63) is 82.3 Å². The zero-order valence-corrected chi connectivity index (χ0v) is 25.6. The standard InChI is InChI=1S/C33H38N10O3/c34-14-3-5-27(35)43-33(46)28(25-4-1-2-15-41(25)43)31(44)39-23-10-8-20(9-11-23)24-18-26(42-29(24)30(36)37-19-38-42)21-12-16-40(17-13-21)32(45)22-6-7-22/h3,5,8-11,14,18-19,21-22H,1-2,4,6-7,12-13,15-17,34-35H2,(H,39,44)(H2,36,37,38)/b14-3-,27-5+. The lowest BCUT2D eigenvalue weighted by Crippen LogP contribution is -2.39. The number of rotatable bonds is 7. The van der Waals surface area contributed by atoms with Crippen LogP contribution in [-0.2, 0) is 17.8 Å². The summed E-state index contributed by atoms with van der Waals surface area (Å²) in [5, 5.41) is 7.46. The average Bonchev–Trinajstić information content (AvgIpc) is 3.78. The number of nitrogens with zero attached hydrogens (tertiary/aromatic N) is 6. The molecule has 2 aliphatic heterocycles. The molecule has 1 saturated heterocycles. The molecule has 46 heavy (non-hydrogen) atoms. The minimum atomic E-state index is -0.481. The number of anilines is 2. The van der Waals surface area contributed by atoms with Crippen LogP contribution < -0.4 is 28.1 Å². The predicted octanol–water partition coefficient (Wildman–Crippen LogP) is 2.88. The van der Waals surface area contributed by atoms with Gasteiger partial charge in [0.25, 0.3) is 11.5 Å². The summed E-state index contributed by atoms with van der Waals surface area (Å²) < 4.78 is 5.02. The first kappa shape index (κ1) is 29.4. The number of hydrogen-bond donors (Lipinski definition) is 4. The molecular formula is C33H38N10O3. The topological polar surface area (TPSA) is 185 Å². The number of hydrogen-bond acceptors (Lipinski definition) is 8. The SMILES string of the molecule is N/C=C\C=C(/N)n1c(=O)c(C(=O)Nc2ccc(-c3cc(C4CCN(C(=O)C5CC5)CC4)n4ncnc(N)c34)cc2)c2n1CCCC2. The Labute approximate surface area is 265 Å². The second-order valence-electron chi connectivity index (χ2n) is 12.3. The van der Waals surface area contributed by atoms with E-state index >= 15 is 0 Å². The van der Waals surface area contributed by atoms with Gasteiger partial charge >= 0.3 is 0 Å². The lowest BCUT2D eigenvalue weighted by Gasteiger charge is -2.32. The van der Waals surface area contributed by atoms with Crippen LogP contribution >= 0.6 is 0 Å². The number of fused-ring (bicyclic) bond motifs is 2. The van der Waals surface area contributed by atoms with Crippen LogP contribution in [-0.4, -0.2) is 53.8 Å². The van der Waals surface area contributed by atoms with Gasteiger partial charge in [-0.1, -0.05) is 12.1 Å². The average molecular weight is 623 g/mol. The molecule has 2 fully saturated rings. The van der Waals surface area contributed by atoms with Crippen molar-refractivity contribution < 1.29 is 9.59 Å². The molecule has 3 aromatic heterocycles. The molecule has 0 unspecified atom stereocenters. The zero-order valence-electron chi connectivity index (χ0n) is 25.6. The van der Waals surface area contributed by atoms with Gasteiger partial charge in [-0.2, -0.15) is 5.10 Å². The van der Waals surface area contributed by atoms with E-state index in [1.807, 2.05) is 21.5 Å². The first-order valence-corrected chi connectivity index (χ1v) is 15.9. The molecule has 0 spiro atoms. The number of aromatic nitrogens is 5. The first-order chi connectivity index (χ1) is 22.4. The van der Waals surface area contributed by atoms with Gasteiger partial charge in [0.15, 0.2) is 5.82 Å². The Morgan fingerprint density at radius 3 is 2.50 bits per heavy atom. The van der Waals surface area contributed by atoms with Crippen LogP contribution in [0.1, 0.15) is 66.2 Å². The summed E-state index contributed by atoms with van der Waals surface area (Å²) >= 11 is 0. The molecule has 5 heterocycles. The Bertz CT molecular complexity index is 1940. The van der Waals surface area contributed by atoms with Gasteiger partial charge in [0.05, 0.1) is 5.69 Å². The third-order valence-electron chi connectivity index (χ3n) is 9.35. The first-order valence-electron chi connectivity index (χ1n) is 15.9. The summed E-state index contributed by atoms with van der Waals surface area (Å²) in [6.07, 6.45) is 12.0. The van der Waals surface area contributed by atoms with E-state index in [-0.39, 0.29) is 23.2 Å². The van der Waals surface area contributed by atoms with Gasteiger partial charge in [-0.25, -0.2) is 14.2 Å². The second-order valence-corrected chi connectivity index (χ2v) is 12.3. The summed E-state index contributed by atoms with van der Waals surface area (Å²) in [6.45, 7) is 2.06. The van der Waals surface area contributed by atoms with Gasteiger partial charge in [-0.05, 0) is 87.1 Å². The van der Waals surface area contributed by atoms with Crippen molar-refractivity contribution >= 4 is 34.7 Å². The van der Waals surface area contributed by atoms with E-state index in [0.29, 0.717) is 36.1 Å². The number of piperidine rings is 1. The van der Waals surface area contributed by atoms with E-state index in [2.05, 4.69) is 21.5 Å². The minimum Gasteiger partial charge on any atom is -0.405 e. The number of amides is 2. The van der Waals surface area contributed by atoms with E-state index in [0.717, 1.165) is 74.0 Å². The van der Waals surface area contributed by atoms with Crippen LogP contribution in [0.2, 0.25) is 0 Å².